The van der Waals surface area contributed by atoms with Crippen LogP contribution in [0.5, 0.6) is 0 Å². The van der Waals surface area contributed by atoms with E-state index < -0.39 is 0 Å². The zero-order chi connectivity index (χ0) is 13.7. The van der Waals surface area contributed by atoms with Crippen LogP contribution in [0.25, 0.3) is 0 Å². The van der Waals surface area contributed by atoms with Gasteiger partial charge in [-0.1, -0.05) is 0 Å². The first-order chi connectivity index (χ1) is 8.49. The average Bonchev–Trinajstić information content (AvgIpc) is 2.36. The van der Waals surface area contributed by atoms with Crippen LogP contribution in [0.15, 0.2) is 0 Å². The number of hydrogen-bond donors (Lipinski definition) is 1. The minimum absolute atomic E-state index is 0.173. The largest absolute Gasteiger partial charge is 0.468 e. The summed E-state index contributed by atoms with van der Waals surface area (Å²) < 4.78 is 4.77. The Hall–Kier alpha value is -0.650. The van der Waals surface area contributed by atoms with Gasteiger partial charge in [0.15, 0.2) is 0 Å². The molecule has 0 aromatic heterocycles. The number of nitrogens with zero attached hydrogens (tertiary/aromatic N) is 2. The second kappa shape index (κ2) is 7.07. The molecule has 1 saturated heterocycles. The predicted octanol–water partition coefficient (Wildman–Crippen LogP) is 0.162. The number of piperazine rings is 1. The molecule has 5 heteroatoms. The van der Waals surface area contributed by atoms with Crippen LogP contribution in [0.2, 0.25) is 0 Å². The van der Waals surface area contributed by atoms with E-state index in [2.05, 4.69) is 36.0 Å². The molecule has 18 heavy (non-hydrogen) atoms. The molecular weight excluding hydrogens is 230 g/mol. The summed E-state index contributed by atoms with van der Waals surface area (Å²) in [6.07, 6.45) is 0.798. The van der Waals surface area contributed by atoms with Crippen molar-refractivity contribution in [3.8, 4) is 0 Å². The summed E-state index contributed by atoms with van der Waals surface area (Å²) in [5, 5.41) is 3.01. The van der Waals surface area contributed by atoms with Gasteiger partial charge in [0.05, 0.1) is 7.11 Å². The summed E-state index contributed by atoms with van der Waals surface area (Å²) in [5.41, 5.74) is 0. The lowest BCUT2D eigenvalue weighted by atomic mass is 10.1. The van der Waals surface area contributed by atoms with Crippen LogP contribution in [0.1, 0.15) is 20.3 Å². The average molecular weight is 257 g/mol. The van der Waals surface area contributed by atoms with Gasteiger partial charge in [0, 0.05) is 31.7 Å². The van der Waals surface area contributed by atoms with Gasteiger partial charge in [0.2, 0.25) is 0 Å². The van der Waals surface area contributed by atoms with Crippen molar-refractivity contribution in [2.24, 2.45) is 0 Å². The Morgan fingerprint density at radius 1 is 1.39 bits per heavy atom. The van der Waals surface area contributed by atoms with Gasteiger partial charge in [-0.3, -0.25) is 9.69 Å². The molecule has 0 aromatic rings. The molecule has 0 bridgehead atoms. The summed E-state index contributed by atoms with van der Waals surface area (Å²) in [6.45, 7) is 7.57. The number of hydrogen-bond acceptors (Lipinski definition) is 5. The zero-order valence-electron chi connectivity index (χ0n) is 12.3. The first-order valence-electron chi connectivity index (χ1n) is 6.69. The fourth-order valence-electron chi connectivity index (χ4n) is 2.53. The Bertz CT molecular complexity index is 261. The summed E-state index contributed by atoms with van der Waals surface area (Å²) in [4.78, 5) is 16.3. The molecule has 1 aliphatic rings. The molecule has 0 aliphatic carbocycles. The first-order valence-corrected chi connectivity index (χ1v) is 6.69. The molecule has 106 valence electrons. The second-order valence-corrected chi connectivity index (χ2v) is 5.28. The molecule has 1 fully saturated rings. The van der Waals surface area contributed by atoms with E-state index in [0.717, 1.165) is 26.1 Å². The van der Waals surface area contributed by atoms with Gasteiger partial charge in [-0.05, 0) is 34.4 Å². The molecule has 0 saturated carbocycles. The van der Waals surface area contributed by atoms with Gasteiger partial charge in [-0.2, -0.15) is 0 Å². The van der Waals surface area contributed by atoms with E-state index in [1.54, 1.807) is 7.05 Å². The minimum Gasteiger partial charge on any atom is -0.468 e. The molecule has 0 radical (unpaired) electrons. The molecular formula is C13H27N3O2. The second-order valence-electron chi connectivity index (χ2n) is 5.28. The standard InChI is InChI=1S/C13H27N3O2/c1-10-8-16(9-11(2)15(10)4)7-6-12(14-3)13(17)18-5/h10-12,14H,6-9H2,1-5H3. The molecule has 3 unspecified atom stereocenters. The smallest absolute Gasteiger partial charge is 0.322 e. The van der Waals surface area contributed by atoms with E-state index in [1.165, 1.54) is 7.11 Å². The van der Waals surface area contributed by atoms with Crippen LogP contribution in [0.3, 0.4) is 0 Å². The van der Waals surface area contributed by atoms with Crippen LogP contribution in [0, 0.1) is 0 Å². The quantitative estimate of drug-likeness (QED) is 0.711. The van der Waals surface area contributed by atoms with Crippen molar-refractivity contribution in [2.45, 2.75) is 38.4 Å². The highest BCUT2D eigenvalue weighted by atomic mass is 16.5. The van der Waals surface area contributed by atoms with Gasteiger partial charge in [0.1, 0.15) is 6.04 Å². The number of carbonyl (C=O) groups is 1. The Morgan fingerprint density at radius 2 is 1.94 bits per heavy atom. The van der Waals surface area contributed by atoms with Crippen LogP contribution < -0.4 is 5.32 Å². The van der Waals surface area contributed by atoms with Gasteiger partial charge in [0.25, 0.3) is 0 Å². The first kappa shape index (κ1) is 15.4. The molecule has 5 nitrogen and oxygen atoms in total. The fourth-order valence-corrected chi connectivity index (χ4v) is 2.53. The van der Waals surface area contributed by atoms with Crippen LogP contribution in [-0.4, -0.2) is 74.7 Å². The van der Waals surface area contributed by atoms with Crippen molar-refractivity contribution >= 4 is 5.97 Å². The van der Waals surface area contributed by atoms with E-state index in [9.17, 15) is 4.79 Å². The van der Waals surface area contributed by atoms with Gasteiger partial charge >= 0.3 is 5.97 Å². The SMILES string of the molecule is CNC(CCN1CC(C)N(C)C(C)C1)C(=O)OC. The number of methoxy groups -OCH3 is 1. The maximum atomic E-state index is 11.5. The lowest BCUT2D eigenvalue weighted by Crippen LogP contribution is -2.55. The number of likely N-dealkylation sites (N-methyl/N-ethyl adjacent to an activating group) is 2. The highest BCUT2D eigenvalue weighted by Gasteiger charge is 2.27. The van der Waals surface area contributed by atoms with E-state index in [1.807, 2.05) is 0 Å². The maximum absolute atomic E-state index is 11.5. The molecule has 0 aromatic carbocycles. The monoisotopic (exact) mass is 257 g/mol. The summed E-state index contributed by atoms with van der Waals surface area (Å²) in [5.74, 6) is -0.173. The van der Waals surface area contributed by atoms with E-state index >= 15 is 0 Å². The van der Waals surface area contributed by atoms with Crippen LogP contribution >= 0.6 is 0 Å². The van der Waals surface area contributed by atoms with Crippen molar-refractivity contribution < 1.29 is 9.53 Å². The molecule has 1 N–H and O–H groups in total. The Kier molecular flexibility index (Phi) is 6.05. The lowest BCUT2D eigenvalue weighted by Gasteiger charge is -2.42. The predicted molar refractivity (Wildman–Crippen MR) is 72.6 cm³/mol. The van der Waals surface area contributed by atoms with Crippen molar-refractivity contribution in [3.05, 3.63) is 0 Å². The third-order valence-electron chi connectivity index (χ3n) is 4.00. The number of carbonyl (C=O) groups excluding carboxylic acids is 1. The maximum Gasteiger partial charge on any atom is 0.322 e. The third-order valence-corrected chi connectivity index (χ3v) is 4.00. The summed E-state index contributed by atoms with van der Waals surface area (Å²) >= 11 is 0. The molecule has 0 spiro atoms. The van der Waals surface area contributed by atoms with Crippen LogP contribution in [-0.2, 0) is 9.53 Å². The van der Waals surface area contributed by atoms with E-state index in [4.69, 9.17) is 4.74 Å². The van der Waals surface area contributed by atoms with Crippen molar-refractivity contribution in [1.29, 1.82) is 0 Å². The van der Waals surface area contributed by atoms with Gasteiger partial charge in [-0.15, -0.1) is 0 Å². The minimum atomic E-state index is -0.194. The van der Waals surface area contributed by atoms with Crippen molar-refractivity contribution in [3.63, 3.8) is 0 Å². The molecule has 3 atom stereocenters. The Morgan fingerprint density at radius 3 is 2.39 bits per heavy atom. The topological polar surface area (TPSA) is 44.8 Å². The zero-order valence-corrected chi connectivity index (χ0v) is 12.3. The highest BCUT2D eigenvalue weighted by molar-refractivity contribution is 5.75. The van der Waals surface area contributed by atoms with Gasteiger partial charge in [-0.25, -0.2) is 0 Å². The fraction of sp³-hybridized carbons (Fsp3) is 0.923. The third kappa shape index (κ3) is 3.93. The van der Waals surface area contributed by atoms with Crippen molar-refractivity contribution in [2.75, 3.05) is 40.8 Å². The van der Waals surface area contributed by atoms with E-state index in [0.29, 0.717) is 12.1 Å². The number of nitrogens with one attached hydrogen (secondary N) is 1. The van der Waals surface area contributed by atoms with Crippen molar-refractivity contribution in [1.82, 2.24) is 15.1 Å². The summed E-state index contributed by atoms with van der Waals surface area (Å²) in [7, 11) is 5.42. The van der Waals surface area contributed by atoms with Gasteiger partial charge < -0.3 is 15.0 Å². The molecule has 1 aliphatic heterocycles. The lowest BCUT2D eigenvalue weighted by molar-refractivity contribution is -0.143. The van der Waals surface area contributed by atoms with Crippen LogP contribution in [0.4, 0.5) is 0 Å². The Labute approximate surface area is 110 Å². The molecule has 1 rings (SSSR count). The molecule has 1 heterocycles. The number of esters is 1. The molecule has 0 amide bonds. The van der Waals surface area contributed by atoms with E-state index in [-0.39, 0.29) is 12.0 Å². The Balaban J connectivity index is 2.41. The number of ether oxygens (including phenoxy) is 1. The summed E-state index contributed by atoms with van der Waals surface area (Å²) in [6, 6.07) is 0.945. The normalized spacial score (nSPS) is 28.1. The highest BCUT2D eigenvalue weighted by Crippen LogP contribution is 2.13. The number of rotatable bonds is 5.